The number of aromatic amines is 1. The van der Waals surface area contributed by atoms with E-state index in [1.54, 1.807) is 32.5 Å². The number of benzene rings is 2. The highest BCUT2D eigenvalue weighted by molar-refractivity contribution is 6.34. The van der Waals surface area contributed by atoms with E-state index in [2.05, 4.69) is 31.6 Å². The van der Waals surface area contributed by atoms with Crippen molar-refractivity contribution < 1.29 is 14.3 Å². The number of methoxy groups -OCH3 is 1. The quantitative estimate of drug-likeness (QED) is 0.305. The topological polar surface area (TPSA) is 104 Å². The van der Waals surface area contributed by atoms with Crippen LogP contribution in [0, 0.1) is 0 Å². The lowest BCUT2D eigenvalue weighted by Crippen LogP contribution is -2.26. The fourth-order valence-corrected chi connectivity index (χ4v) is 4.70. The molecule has 2 aromatic heterocycles. The molecule has 192 valence electrons. The van der Waals surface area contributed by atoms with Gasteiger partial charge in [0.15, 0.2) is 12.3 Å². The molecule has 37 heavy (non-hydrogen) atoms. The zero-order valence-electron chi connectivity index (χ0n) is 20.8. The molecule has 0 radical (unpaired) electrons. The van der Waals surface area contributed by atoms with Gasteiger partial charge in [-0.25, -0.2) is 9.97 Å². The average molecular weight is 521 g/mol. The molecule has 0 bridgehead atoms. The minimum Gasteiger partial charge on any atom is -0.496 e. The Kier molecular flexibility index (Phi) is 7.43. The molecule has 0 saturated carbocycles. The summed E-state index contributed by atoms with van der Waals surface area (Å²) < 4.78 is 11.0. The molecule has 10 heteroatoms. The summed E-state index contributed by atoms with van der Waals surface area (Å²) >= 11 is 6.58. The number of hydrogen-bond donors (Lipinski definition) is 3. The number of fused-ring (bicyclic) bond motifs is 1. The van der Waals surface area contributed by atoms with E-state index in [1.165, 1.54) is 5.56 Å². The van der Waals surface area contributed by atoms with Gasteiger partial charge < -0.3 is 25.1 Å². The monoisotopic (exact) mass is 520 g/mol. The maximum Gasteiger partial charge on any atom is 0.257 e. The molecule has 3 N–H and O–H groups in total. The summed E-state index contributed by atoms with van der Waals surface area (Å²) in [5, 5.41) is 6.68. The van der Waals surface area contributed by atoms with Crippen molar-refractivity contribution in [2.45, 2.75) is 19.0 Å². The number of pyridine rings is 1. The number of hydrogen-bond acceptors (Lipinski definition) is 7. The maximum absolute atomic E-state index is 11.4. The number of halogens is 1. The van der Waals surface area contributed by atoms with Crippen molar-refractivity contribution in [3.8, 4) is 22.9 Å². The van der Waals surface area contributed by atoms with Gasteiger partial charge in [0.2, 0.25) is 0 Å². The summed E-state index contributed by atoms with van der Waals surface area (Å²) in [6.45, 7) is 2.65. The van der Waals surface area contributed by atoms with E-state index in [4.69, 9.17) is 26.1 Å². The molecule has 1 unspecified atom stereocenters. The van der Waals surface area contributed by atoms with Gasteiger partial charge in [-0.15, -0.1) is 0 Å². The zero-order valence-corrected chi connectivity index (χ0v) is 21.5. The predicted molar refractivity (Wildman–Crippen MR) is 144 cm³/mol. The van der Waals surface area contributed by atoms with Gasteiger partial charge in [0, 0.05) is 43.9 Å². The van der Waals surface area contributed by atoms with Crippen molar-refractivity contribution in [2.24, 2.45) is 0 Å². The molecule has 1 saturated heterocycles. The smallest absolute Gasteiger partial charge is 0.257 e. The van der Waals surface area contributed by atoms with Crippen LogP contribution in [-0.2, 0) is 11.3 Å². The van der Waals surface area contributed by atoms with E-state index in [0.29, 0.717) is 27.8 Å². The Hall–Kier alpha value is -3.82. The maximum atomic E-state index is 11.4. The number of amides is 1. The molecule has 4 aromatic rings. The molecule has 1 amide bonds. The number of carbonyl (C=O) groups is 1. The van der Waals surface area contributed by atoms with Crippen LogP contribution in [0.25, 0.3) is 22.6 Å². The Balaban J connectivity index is 1.29. The number of ether oxygens (including phenoxy) is 2. The number of nitrogens with zero attached hydrogens (tertiary/aromatic N) is 3. The van der Waals surface area contributed by atoms with Gasteiger partial charge in [-0.3, -0.25) is 9.69 Å². The SMILES string of the molecule is CNC(=O)COc1ccc(-c2nc3c(NC4CCN(Cc5ccccc5OC)C4)c(Cl)cnc3[nH]2)cc1. The van der Waals surface area contributed by atoms with E-state index >= 15 is 0 Å². The third-order valence-electron chi connectivity index (χ3n) is 6.45. The molecule has 1 atom stereocenters. The van der Waals surface area contributed by atoms with Crippen molar-refractivity contribution in [1.29, 1.82) is 0 Å². The number of H-pyrrole nitrogens is 1. The minimum absolute atomic E-state index is 0.0323. The standard InChI is InChI=1S/C27H29ClN6O3/c1-29-23(35)16-37-20-9-7-17(8-10-20)26-32-25-24(21(28)13-30-27(25)33-26)31-19-11-12-34(15-19)14-18-5-3-4-6-22(18)36-2/h3-10,13,19H,11-12,14-16H2,1-2H3,(H,29,35)(H2,30,31,32,33). The van der Waals surface area contributed by atoms with Crippen molar-refractivity contribution in [3.63, 3.8) is 0 Å². The minimum atomic E-state index is -0.186. The van der Waals surface area contributed by atoms with Gasteiger partial charge in [0.1, 0.15) is 22.8 Å². The highest BCUT2D eigenvalue weighted by Gasteiger charge is 2.25. The summed E-state index contributed by atoms with van der Waals surface area (Å²) in [5.41, 5.74) is 4.19. The summed E-state index contributed by atoms with van der Waals surface area (Å²) in [6.07, 6.45) is 2.63. The number of aromatic nitrogens is 3. The second kappa shape index (κ2) is 11.1. The molecule has 3 heterocycles. The molecule has 2 aromatic carbocycles. The number of likely N-dealkylation sites (tertiary alicyclic amines) is 1. The number of nitrogens with one attached hydrogen (secondary N) is 3. The van der Waals surface area contributed by atoms with E-state index in [1.807, 2.05) is 30.3 Å². The third-order valence-corrected chi connectivity index (χ3v) is 6.74. The molecule has 0 aliphatic carbocycles. The number of rotatable bonds is 9. The number of carbonyl (C=O) groups excluding carboxylic acids is 1. The van der Waals surface area contributed by atoms with Crippen LogP contribution in [0.4, 0.5) is 5.69 Å². The summed E-state index contributed by atoms with van der Waals surface area (Å²) in [7, 11) is 3.28. The first kappa shape index (κ1) is 24.9. The second-order valence-corrected chi connectivity index (χ2v) is 9.33. The third kappa shape index (κ3) is 5.63. The number of imidazole rings is 1. The average Bonchev–Trinajstić information content (AvgIpc) is 3.56. The fraction of sp³-hybridized carbons (Fsp3) is 0.296. The van der Waals surface area contributed by atoms with E-state index in [0.717, 1.165) is 43.1 Å². The van der Waals surface area contributed by atoms with Crippen LogP contribution >= 0.6 is 11.6 Å². The van der Waals surface area contributed by atoms with E-state index in [9.17, 15) is 4.79 Å². The molecule has 5 rings (SSSR count). The zero-order chi connectivity index (χ0) is 25.8. The number of anilines is 1. The Labute approximate surface area is 220 Å². The van der Waals surface area contributed by atoms with Crippen LogP contribution in [0.15, 0.2) is 54.7 Å². The Morgan fingerprint density at radius 3 is 2.81 bits per heavy atom. The van der Waals surface area contributed by atoms with E-state index in [-0.39, 0.29) is 18.6 Å². The van der Waals surface area contributed by atoms with Crippen molar-refractivity contribution in [1.82, 2.24) is 25.2 Å². The van der Waals surface area contributed by atoms with Crippen LogP contribution in [0.2, 0.25) is 5.02 Å². The predicted octanol–water partition coefficient (Wildman–Crippen LogP) is 4.10. The number of para-hydroxylation sites is 1. The normalized spacial score (nSPS) is 15.6. The van der Waals surface area contributed by atoms with Gasteiger partial charge in [0.25, 0.3) is 5.91 Å². The highest BCUT2D eigenvalue weighted by Crippen LogP contribution is 2.33. The van der Waals surface area contributed by atoms with Crippen molar-refractivity contribution in [3.05, 3.63) is 65.3 Å². The van der Waals surface area contributed by atoms with Crippen LogP contribution in [-0.4, -0.2) is 65.7 Å². The Bertz CT molecular complexity index is 1390. The lowest BCUT2D eigenvalue weighted by molar-refractivity contribution is -0.122. The second-order valence-electron chi connectivity index (χ2n) is 8.93. The lowest BCUT2D eigenvalue weighted by Gasteiger charge is -2.19. The van der Waals surface area contributed by atoms with Gasteiger partial charge >= 0.3 is 0 Å². The van der Waals surface area contributed by atoms with E-state index < -0.39 is 0 Å². The van der Waals surface area contributed by atoms with Gasteiger partial charge in [-0.2, -0.15) is 0 Å². The first-order valence-corrected chi connectivity index (χ1v) is 12.5. The van der Waals surface area contributed by atoms with Gasteiger partial charge in [-0.05, 0) is 36.8 Å². The lowest BCUT2D eigenvalue weighted by atomic mass is 10.2. The van der Waals surface area contributed by atoms with Gasteiger partial charge in [0.05, 0.1) is 24.0 Å². The van der Waals surface area contributed by atoms with Crippen LogP contribution in [0.3, 0.4) is 0 Å². The first-order chi connectivity index (χ1) is 18.0. The number of likely N-dealkylation sites (N-methyl/N-ethyl adjacent to an activating group) is 1. The summed E-state index contributed by atoms with van der Waals surface area (Å²) in [6, 6.07) is 15.7. The Morgan fingerprint density at radius 1 is 1.22 bits per heavy atom. The summed E-state index contributed by atoms with van der Waals surface area (Å²) in [5.74, 6) is 2.00. The molecule has 9 nitrogen and oxygen atoms in total. The van der Waals surface area contributed by atoms with Crippen LogP contribution in [0.1, 0.15) is 12.0 Å². The van der Waals surface area contributed by atoms with Gasteiger partial charge in [-0.1, -0.05) is 29.8 Å². The van der Waals surface area contributed by atoms with Crippen LogP contribution in [0.5, 0.6) is 11.5 Å². The largest absolute Gasteiger partial charge is 0.496 e. The molecule has 1 aliphatic rings. The molecular formula is C27H29ClN6O3. The van der Waals surface area contributed by atoms with Crippen molar-refractivity contribution >= 4 is 34.4 Å². The highest BCUT2D eigenvalue weighted by atomic mass is 35.5. The molecule has 1 aliphatic heterocycles. The Morgan fingerprint density at radius 2 is 2.03 bits per heavy atom. The summed E-state index contributed by atoms with van der Waals surface area (Å²) in [4.78, 5) is 26.4. The van der Waals surface area contributed by atoms with Crippen molar-refractivity contribution in [2.75, 3.05) is 39.2 Å². The fourth-order valence-electron chi connectivity index (χ4n) is 4.51. The molecular weight excluding hydrogens is 492 g/mol. The molecule has 0 spiro atoms. The van der Waals surface area contributed by atoms with Crippen LogP contribution < -0.4 is 20.1 Å². The first-order valence-electron chi connectivity index (χ1n) is 12.1. The molecule has 1 fully saturated rings.